The Balaban J connectivity index is 1.37. The topological polar surface area (TPSA) is 63.4 Å². The van der Waals surface area contributed by atoms with Gasteiger partial charge in [-0.2, -0.15) is 0 Å². The number of hydrogen-bond acceptors (Lipinski definition) is 3. The van der Waals surface area contributed by atoms with E-state index in [2.05, 4.69) is 15.6 Å². The van der Waals surface area contributed by atoms with E-state index in [4.69, 9.17) is 47.0 Å². The average Bonchev–Trinajstić information content (AvgIpc) is 3.31. The molecule has 3 aromatic rings. The van der Waals surface area contributed by atoms with E-state index < -0.39 is 9.96 Å². The minimum atomic E-state index is -1.78. The van der Waals surface area contributed by atoms with Crippen LogP contribution < -0.4 is 15.5 Å². The number of para-hydroxylation sites is 2. The minimum Gasteiger partial charge on any atom is -0.384 e. The standard InChI is InChI=1S/C24H24Cl3N5OS/c25-24(26,27)22(30-21(33)17-13-16-5-1-2-7-18(16)29-14-17)32-12-4-11-31(23(32)34)19-8-3-6-15-9-10-28-20(15)19/h1-3,5-10,17,22,28-29H,4,11-14H2,(H,30,33). The number of rotatable bonds is 4. The minimum absolute atomic E-state index is 0.176. The van der Waals surface area contributed by atoms with Crippen LogP contribution in [0.15, 0.2) is 54.7 Å². The lowest BCUT2D eigenvalue weighted by Gasteiger charge is -2.45. The molecule has 2 unspecified atom stereocenters. The molecule has 34 heavy (non-hydrogen) atoms. The number of H-pyrrole nitrogens is 1. The van der Waals surface area contributed by atoms with Gasteiger partial charge in [0.25, 0.3) is 0 Å². The molecule has 3 N–H and O–H groups in total. The van der Waals surface area contributed by atoms with Crippen LogP contribution in [0.2, 0.25) is 0 Å². The summed E-state index contributed by atoms with van der Waals surface area (Å²) >= 11 is 25.1. The van der Waals surface area contributed by atoms with Crippen LogP contribution in [0.3, 0.4) is 0 Å². The third-order valence-corrected chi connectivity index (χ3v) is 7.48. The first-order valence-electron chi connectivity index (χ1n) is 11.2. The molecule has 1 amide bonds. The molecule has 1 aromatic heterocycles. The van der Waals surface area contributed by atoms with Crippen molar-refractivity contribution in [3.8, 4) is 0 Å². The lowest BCUT2D eigenvalue weighted by atomic mass is 9.93. The van der Waals surface area contributed by atoms with Crippen LogP contribution in [-0.4, -0.2) is 50.5 Å². The quantitative estimate of drug-likeness (QED) is 0.321. The fourth-order valence-electron chi connectivity index (χ4n) is 4.72. The Labute approximate surface area is 218 Å². The Hall–Kier alpha value is -2.19. The highest BCUT2D eigenvalue weighted by molar-refractivity contribution is 7.80. The van der Waals surface area contributed by atoms with Crippen molar-refractivity contribution in [2.24, 2.45) is 5.92 Å². The summed E-state index contributed by atoms with van der Waals surface area (Å²) in [4.78, 5) is 20.4. The molecule has 0 aliphatic carbocycles. The molecule has 2 aliphatic heterocycles. The number of carbonyl (C=O) groups is 1. The van der Waals surface area contributed by atoms with Gasteiger partial charge in [0, 0.05) is 36.9 Å². The third kappa shape index (κ3) is 4.54. The SMILES string of the molecule is O=C(NC(N1CCCN(c2cccc3cc[nH]c23)C1=S)C(Cl)(Cl)Cl)C1CNc2ccccc2C1. The van der Waals surface area contributed by atoms with Crippen molar-refractivity contribution in [2.75, 3.05) is 29.9 Å². The van der Waals surface area contributed by atoms with Gasteiger partial charge in [0.1, 0.15) is 0 Å². The highest BCUT2D eigenvalue weighted by atomic mass is 35.6. The number of nitrogens with one attached hydrogen (secondary N) is 3. The maximum atomic E-state index is 13.3. The molecule has 3 heterocycles. The van der Waals surface area contributed by atoms with Gasteiger partial charge in [-0.25, -0.2) is 0 Å². The van der Waals surface area contributed by atoms with Crippen LogP contribution >= 0.6 is 47.0 Å². The summed E-state index contributed by atoms with van der Waals surface area (Å²) in [7, 11) is 0. The maximum Gasteiger partial charge on any atom is 0.228 e. The Bertz CT molecular complexity index is 1230. The predicted octanol–water partition coefficient (Wildman–Crippen LogP) is 5.06. The van der Waals surface area contributed by atoms with E-state index in [9.17, 15) is 4.79 Å². The average molecular weight is 537 g/mol. The number of hydrogen-bond donors (Lipinski definition) is 3. The van der Waals surface area contributed by atoms with E-state index in [1.165, 1.54) is 0 Å². The second-order valence-corrected chi connectivity index (χ2v) is 11.3. The Morgan fingerprint density at radius 3 is 2.76 bits per heavy atom. The maximum absolute atomic E-state index is 13.3. The fourth-order valence-corrected chi connectivity index (χ4v) is 5.62. The van der Waals surface area contributed by atoms with Crippen LogP contribution in [0, 0.1) is 5.92 Å². The van der Waals surface area contributed by atoms with Crippen LogP contribution in [0.5, 0.6) is 0 Å². The van der Waals surface area contributed by atoms with Gasteiger partial charge in [-0.1, -0.05) is 65.1 Å². The smallest absolute Gasteiger partial charge is 0.228 e. The van der Waals surface area contributed by atoms with Crippen molar-refractivity contribution in [2.45, 2.75) is 22.8 Å². The summed E-state index contributed by atoms with van der Waals surface area (Å²) in [6.07, 6.45) is 2.41. The number of anilines is 2. The molecule has 0 spiro atoms. The zero-order chi connectivity index (χ0) is 23.9. The molecule has 2 aromatic carbocycles. The van der Waals surface area contributed by atoms with E-state index in [0.717, 1.165) is 40.8 Å². The van der Waals surface area contributed by atoms with Crippen LogP contribution in [0.4, 0.5) is 11.4 Å². The lowest BCUT2D eigenvalue weighted by molar-refractivity contribution is -0.126. The first-order chi connectivity index (χ1) is 16.3. The van der Waals surface area contributed by atoms with Crippen LogP contribution in [-0.2, 0) is 11.2 Å². The summed E-state index contributed by atoms with van der Waals surface area (Å²) in [5.74, 6) is -0.461. The van der Waals surface area contributed by atoms with Crippen molar-refractivity contribution in [3.05, 3.63) is 60.3 Å². The van der Waals surface area contributed by atoms with E-state index in [1.807, 2.05) is 64.5 Å². The number of halogens is 3. The Morgan fingerprint density at radius 1 is 1.12 bits per heavy atom. The monoisotopic (exact) mass is 535 g/mol. The van der Waals surface area contributed by atoms with Crippen molar-refractivity contribution < 1.29 is 4.79 Å². The number of thiocarbonyl (C=S) groups is 1. The normalized spacial score (nSPS) is 19.5. The second kappa shape index (κ2) is 9.46. The number of alkyl halides is 3. The molecule has 0 radical (unpaired) electrons. The predicted molar refractivity (Wildman–Crippen MR) is 144 cm³/mol. The molecular weight excluding hydrogens is 513 g/mol. The molecule has 1 saturated heterocycles. The molecule has 6 nitrogen and oxygen atoms in total. The van der Waals surface area contributed by atoms with E-state index in [-0.39, 0.29) is 11.8 Å². The number of fused-ring (bicyclic) bond motifs is 2. The van der Waals surface area contributed by atoms with Gasteiger partial charge < -0.3 is 25.4 Å². The van der Waals surface area contributed by atoms with Gasteiger partial charge in [-0.3, -0.25) is 4.79 Å². The summed E-state index contributed by atoms with van der Waals surface area (Å²) in [5.41, 5.74) is 4.10. The zero-order valence-corrected chi connectivity index (χ0v) is 21.3. The van der Waals surface area contributed by atoms with Crippen molar-refractivity contribution in [1.82, 2.24) is 15.2 Å². The van der Waals surface area contributed by atoms with Gasteiger partial charge in [0.2, 0.25) is 9.70 Å². The van der Waals surface area contributed by atoms with Crippen LogP contribution in [0.1, 0.15) is 12.0 Å². The second-order valence-electron chi connectivity index (χ2n) is 8.59. The largest absolute Gasteiger partial charge is 0.384 e. The van der Waals surface area contributed by atoms with E-state index in [1.54, 1.807) is 0 Å². The number of benzene rings is 2. The molecule has 0 bridgehead atoms. The highest BCUT2D eigenvalue weighted by Gasteiger charge is 2.43. The van der Waals surface area contributed by atoms with Gasteiger partial charge in [-0.15, -0.1) is 0 Å². The number of aromatic amines is 1. The van der Waals surface area contributed by atoms with Crippen LogP contribution in [0.25, 0.3) is 10.9 Å². The molecule has 1 fully saturated rings. The highest BCUT2D eigenvalue weighted by Crippen LogP contribution is 2.36. The third-order valence-electron chi connectivity index (χ3n) is 6.41. The molecule has 178 valence electrons. The summed E-state index contributed by atoms with van der Waals surface area (Å²) < 4.78 is -1.78. The number of aromatic nitrogens is 1. The van der Waals surface area contributed by atoms with E-state index in [0.29, 0.717) is 24.6 Å². The number of nitrogens with zero attached hydrogens (tertiary/aromatic N) is 2. The molecule has 0 saturated carbocycles. The summed E-state index contributed by atoms with van der Waals surface area (Å²) in [5, 5.41) is 7.92. The van der Waals surface area contributed by atoms with Crippen molar-refractivity contribution in [1.29, 1.82) is 0 Å². The van der Waals surface area contributed by atoms with E-state index >= 15 is 0 Å². The molecule has 5 rings (SSSR count). The Kier molecular flexibility index (Phi) is 6.55. The van der Waals surface area contributed by atoms with Crippen molar-refractivity contribution >= 4 is 80.3 Å². The van der Waals surface area contributed by atoms with Gasteiger partial charge in [-0.05, 0) is 48.8 Å². The molecule has 2 atom stereocenters. The van der Waals surface area contributed by atoms with Gasteiger partial charge in [0.15, 0.2) is 11.3 Å². The van der Waals surface area contributed by atoms with Gasteiger partial charge in [0.05, 0.1) is 17.1 Å². The Morgan fingerprint density at radius 2 is 1.94 bits per heavy atom. The number of amides is 1. The fraction of sp³-hybridized carbons (Fsp3) is 0.333. The molecular formula is C24H24Cl3N5OS. The zero-order valence-electron chi connectivity index (χ0n) is 18.2. The summed E-state index contributed by atoms with van der Waals surface area (Å²) in [6, 6.07) is 16.0. The molecule has 2 aliphatic rings. The molecule has 10 heteroatoms. The number of carbonyl (C=O) groups excluding carboxylic acids is 1. The first-order valence-corrected chi connectivity index (χ1v) is 12.7. The lowest BCUT2D eigenvalue weighted by Crippen LogP contribution is -2.63. The first kappa shape index (κ1) is 23.5. The van der Waals surface area contributed by atoms with Crippen molar-refractivity contribution in [3.63, 3.8) is 0 Å². The van der Waals surface area contributed by atoms with Gasteiger partial charge >= 0.3 is 0 Å². The summed E-state index contributed by atoms with van der Waals surface area (Å²) in [6.45, 7) is 1.82.